The van der Waals surface area contributed by atoms with Crippen molar-refractivity contribution >= 4 is 5.91 Å². The molecular weight excluding hydrogens is 264 g/mol. The van der Waals surface area contributed by atoms with Crippen molar-refractivity contribution in [3.8, 4) is 5.75 Å². The summed E-state index contributed by atoms with van der Waals surface area (Å²) in [6, 6.07) is 6.54. The van der Waals surface area contributed by atoms with Gasteiger partial charge in [0.2, 0.25) is 0 Å². The zero-order valence-corrected chi connectivity index (χ0v) is 13.5. The fraction of sp³-hybridized carbons (Fsp3) is 0.588. The van der Waals surface area contributed by atoms with Gasteiger partial charge in [-0.25, -0.2) is 0 Å². The molecule has 21 heavy (non-hydrogen) atoms. The van der Waals surface area contributed by atoms with Gasteiger partial charge in [-0.2, -0.15) is 0 Å². The topological polar surface area (TPSA) is 50.4 Å². The number of carbonyl (C=O) groups is 1. The summed E-state index contributed by atoms with van der Waals surface area (Å²) in [4.78, 5) is 11.8. The van der Waals surface area contributed by atoms with Crippen LogP contribution in [0, 0.1) is 0 Å². The number of amides is 1. The number of ether oxygens (including phenoxy) is 1. The molecule has 1 aliphatic rings. The number of hydrogen-bond acceptors (Lipinski definition) is 3. The third-order valence-electron chi connectivity index (χ3n) is 3.66. The Morgan fingerprint density at radius 3 is 2.81 bits per heavy atom. The first-order valence-electron chi connectivity index (χ1n) is 7.63. The molecule has 1 amide bonds. The summed E-state index contributed by atoms with van der Waals surface area (Å²) < 4.78 is 5.63. The second kappa shape index (κ2) is 6.48. The Morgan fingerprint density at radius 1 is 1.38 bits per heavy atom. The van der Waals surface area contributed by atoms with E-state index in [4.69, 9.17) is 4.74 Å². The maximum atomic E-state index is 11.8. The molecule has 1 aromatic carbocycles. The summed E-state index contributed by atoms with van der Waals surface area (Å²) in [6.07, 6.45) is 3.49. The van der Waals surface area contributed by atoms with Crippen molar-refractivity contribution in [2.75, 3.05) is 13.7 Å². The van der Waals surface area contributed by atoms with Crippen LogP contribution in [0.4, 0.5) is 0 Å². The van der Waals surface area contributed by atoms with Crippen LogP contribution < -0.4 is 15.4 Å². The molecule has 2 N–H and O–H groups in total. The summed E-state index contributed by atoms with van der Waals surface area (Å²) in [5.41, 5.74) is 2.46. The van der Waals surface area contributed by atoms with Gasteiger partial charge in [0, 0.05) is 11.6 Å². The van der Waals surface area contributed by atoms with E-state index in [9.17, 15) is 4.79 Å². The Morgan fingerprint density at radius 2 is 2.14 bits per heavy atom. The van der Waals surface area contributed by atoms with Gasteiger partial charge in [-0.05, 0) is 70.3 Å². The van der Waals surface area contributed by atoms with Crippen molar-refractivity contribution in [3.63, 3.8) is 0 Å². The molecule has 1 atom stereocenters. The highest BCUT2D eigenvalue weighted by atomic mass is 16.5. The molecule has 4 nitrogen and oxygen atoms in total. The molecular formula is C17H26N2O2. The molecule has 0 saturated heterocycles. The number of fused-ring (bicyclic) bond motifs is 1. The first-order valence-corrected chi connectivity index (χ1v) is 7.63. The van der Waals surface area contributed by atoms with Crippen molar-refractivity contribution in [3.05, 3.63) is 29.3 Å². The highest BCUT2D eigenvalue weighted by Crippen LogP contribution is 2.32. The maximum absolute atomic E-state index is 11.8. The van der Waals surface area contributed by atoms with Gasteiger partial charge < -0.3 is 15.4 Å². The molecule has 0 aromatic heterocycles. The fourth-order valence-corrected chi connectivity index (χ4v) is 2.77. The number of rotatable bonds is 4. The van der Waals surface area contributed by atoms with Crippen molar-refractivity contribution in [2.24, 2.45) is 0 Å². The summed E-state index contributed by atoms with van der Waals surface area (Å²) in [7, 11) is 1.99. The lowest BCUT2D eigenvalue weighted by molar-refractivity contribution is -0.124. The van der Waals surface area contributed by atoms with Gasteiger partial charge in [-0.3, -0.25) is 4.79 Å². The lowest BCUT2D eigenvalue weighted by Crippen LogP contribution is -2.43. The average Bonchev–Trinajstić information content (AvgIpc) is 2.42. The van der Waals surface area contributed by atoms with Crippen molar-refractivity contribution < 1.29 is 9.53 Å². The first-order chi connectivity index (χ1) is 9.89. The van der Waals surface area contributed by atoms with Crippen LogP contribution in [0.2, 0.25) is 0 Å². The Labute approximate surface area is 127 Å². The van der Waals surface area contributed by atoms with Crippen LogP contribution in [0.3, 0.4) is 0 Å². The minimum atomic E-state index is -0.229. The molecule has 0 saturated carbocycles. The Balaban J connectivity index is 2.00. The number of nitrogens with one attached hydrogen (secondary N) is 2. The molecule has 2 rings (SSSR count). The molecule has 0 radical (unpaired) electrons. The smallest absolute Gasteiger partial charge is 0.258 e. The van der Waals surface area contributed by atoms with E-state index in [1.807, 2.05) is 33.9 Å². The van der Waals surface area contributed by atoms with Crippen molar-refractivity contribution in [1.82, 2.24) is 10.6 Å². The van der Waals surface area contributed by atoms with Crippen LogP contribution in [0.15, 0.2) is 18.2 Å². The minimum Gasteiger partial charge on any atom is -0.484 e. The molecule has 0 bridgehead atoms. The van der Waals surface area contributed by atoms with Crippen LogP contribution in [-0.2, 0) is 11.2 Å². The number of aryl methyl sites for hydroxylation is 1. The van der Waals surface area contributed by atoms with Crippen LogP contribution in [-0.4, -0.2) is 25.1 Å². The SMILES string of the molecule is CNC1CCCc2ccc(OCC(=O)NC(C)(C)C)cc21. The standard InChI is InChI=1S/C17H26N2O2/c1-17(2,3)19-16(20)11-21-13-9-8-12-6-5-7-15(18-4)14(12)10-13/h8-10,15,18H,5-7,11H2,1-4H3,(H,19,20). The Kier molecular flexibility index (Phi) is 4.88. The summed E-state index contributed by atoms with van der Waals surface area (Å²) in [6.45, 7) is 5.93. The highest BCUT2D eigenvalue weighted by molar-refractivity contribution is 5.78. The largest absolute Gasteiger partial charge is 0.484 e. The van der Waals surface area contributed by atoms with Gasteiger partial charge in [-0.1, -0.05) is 6.07 Å². The molecule has 0 spiro atoms. The van der Waals surface area contributed by atoms with Crippen LogP contribution in [0.25, 0.3) is 0 Å². The van der Waals surface area contributed by atoms with Crippen LogP contribution in [0.1, 0.15) is 50.8 Å². The zero-order valence-electron chi connectivity index (χ0n) is 13.5. The van der Waals surface area contributed by atoms with E-state index in [0.717, 1.165) is 18.6 Å². The van der Waals surface area contributed by atoms with E-state index in [-0.39, 0.29) is 18.1 Å². The normalized spacial score (nSPS) is 18.0. The molecule has 0 heterocycles. The molecule has 0 fully saturated rings. The van der Waals surface area contributed by atoms with Crippen molar-refractivity contribution in [2.45, 2.75) is 51.6 Å². The minimum absolute atomic E-state index is 0.0558. The van der Waals surface area contributed by atoms with Crippen LogP contribution in [0.5, 0.6) is 5.75 Å². The number of carbonyl (C=O) groups excluding carboxylic acids is 1. The quantitative estimate of drug-likeness (QED) is 0.896. The van der Waals surface area contributed by atoms with Gasteiger partial charge >= 0.3 is 0 Å². The number of hydrogen-bond donors (Lipinski definition) is 2. The lowest BCUT2D eigenvalue weighted by Gasteiger charge is -2.26. The average molecular weight is 290 g/mol. The molecule has 1 aliphatic carbocycles. The Bertz CT molecular complexity index is 506. The zero-order chi connectivity index (χ0) is 15.5. The van der Waals surface area contributed by atoms with E-state index < -0.39 is 0 Å². The van der Waals surface area contributed by atoms with E-state index in [1.54, 1.807) is 0 Å². The third kappa shape index (κ3) is 4.46. The molecule has 0 aliphatic heterocycles. The summed E-state index contributed by atoms with van der Waals surface area (Å²) in [5.74, 6) is 0.672. The first kappa shape index (κ1) is 15.8. The predicted molar refractivity (Wildman–Crippen MR) is 84.6 cm³/mol. The van der Waals surface area contributed by atoms with E-state index in [0.29, 0.717) is 6.04 Å². The highest BCUT2D eigenvalue weighted by Gasteiger charge is 2.19. The van der Waals surface area contributed by atoms with E-state index in [2.05, 4.69) is 22.8 Å². The fourth-order valence-electron chi connectivity index (χ4n) is 2.77. The summed E-state index contributed by atoms with van der Waals surface area (Å²) >= 11 is 0. The molecule has 4 heteroatoms. The molecule has 1 unspecified atom stereocenters. The third-order valence-corrected chi connectivity index (χ3v) is 3.66. The van der Waals surface area contributed by atoms with Gasteiger partial charge in [0.15, 0.2) is 6.61 Å². The number of benzene rings is 1. The summed E-state index contributed by atoms with van der Waals surface area (Å²) in [5, 5.41) is 6.24. The molecule has 116 valence electrons. The van der Waals surface area contributed by atoms with Gasteiger partial charge in [-0.15, -0.1) is 0 Å². The monoisotopic (exact) mass is 290 g/mol. The van der Waals surface area contributed by atoms with Crippen molar-refractivity contribution in [1.29, 1.82) is 0 Å². The molecule has 1 aromatic rings. The second-order valence-electron chi connectivity index (χ2n) is 6.68. The van der Waals surface area contributed by atoms with Crippen LogP contribution >= 0.6 is 0 Å². The van der Waals surface area contributed by atoms with Gasteiger partial charge in [0.1, 0.15) is 5.75 Å². The van der Waals surface area contributed by atoms with Gasteiger partial charge in [0.05, 0.1) is 0 Å². The maximum Gasteiger partial charge on any atom is 0.258 e. The second-order valence-corrected chi connectivity index (χ2v) is 6.68. The van der Waals surface area contributed by atoms with E-state index >= 15 is 0 Å². The predicted octanol–water partition coefficient (Wildman–Crippen LogP) is 2.58. The van der Waals surface area contributed by atoms with E-state index in [1.165, 1.54) is 17.5 Å². The Hall–Kier alpha value is -1.55. The lowest BCUT2D eigenvalue weighted by atomic mass is 9.87. The van der Waals surface area contributed by atoms with Gasteiger partial charge in [0.25, 0.3) is 5.91 Å².